The lowest BCUT2D eigenvalue weighted by molar-refractivity contribution is 0.346. The van der Waals surface area contributed by atoms with Gasteiger partial charge in [0.2, 0.25) is 0 Å². The van der Waals surface area contributed by atoms with Gasteiger partial charge in [0, 0.05) is 22.9 Å². The molecule has 1 atom stereocenters. The number of hydrogen-bond acceptors (Lipinski definition) is 3. The van der Waals surface area contributed by atoms with Crippen molar-refractivity contribution in [2.75, 3.05) is 13.2 Å². The normalized spacial score (nSPS) is 14.7. The molecule has 1 N–H and O–H groups in total. The van der Waals surface area contributed by atoms with E-state index in [0.29, 0.717) is 6.04 Å². The topological polar surface area (TPSA) is 21.3 Å². The molecule has 1 aromatic carbocycles. The smallest absolute Gasteiger partial charge is 0.127 e. The molecule has 1 aliphatic heterocycles. The zero-order valence-corrected chi connectivity index (χ0v) is 13.4. The average molecular weight is 301 g/mol. The third kappa shape index (κ3) is 3.47. The Balaban J connectivity index is 1.68. The first-order chi connectivity index (χ1) is 10.4. The van der Waals surface area contributed by atoms with Gasteiger partial charge in [-0.3, -0.25) is 0 Å². The van der Waals surface area contributed by atoms with Crippen molar-refractivity contribution >= 4 is 11.3 Å². The van der Waals surface area contributed by atoms with Crippen LogP contribution in [0, 0.1) is 0 Å². The lowest BCUT2D eigenvalue weighted by atomic mass is 9.97. The van der Waals surface area contributed by atoms with Crippen LogP contribution in [-0.4, -0.2) is 13.2 Å². The van der Waals surface area contributed by atoms with Crippen LogP contribution >= 0.6 is 11.3 Å². The van der Waals surface area contributed by atoms with Crippen LogP contribution in [0.5, 0.6) is 5.75 Å². The molecule has 0 bridgehead atoms. The van der Waals surface area contributed by atoms with Gasteiger partial charge >= 0.3 is 0 Å². The summed E-state index contributed by atoms with van der Waals surface area (Å²) in [6, 6.07) is 11.4. The quantitative estimate of drug-likeness (QED) is 0.820. The number of ether oxygens (including phenoxy) is 1. The minimum Gasteiger partial charge on any atom is -0.493 e. The van der Waals surface area contributed by atoms with Crippen molar-refractivity contribution in [3.63, 3.8) is 0 Å². The summed E-state index contributed by atoms with van der Waals surface area (Å²) in [4.78, 5) is 1.49. The Morgan fingerprint density at radius 3 is 3.05 bits per heavy atom. The molecule has 21 heavy (non-hydrogen) atoms. The first-order valence-electron chi connectivity index (χ1n) is 7.89. The van der Waals surface area contributed by atoms with Crippen molar-refractivity contribution < 1.29 is 4.74 Å². The minimum atomic E-state index is 0.406. The summed E-state index contributed by atoms with van der Waals surface area (Å²) in [5.74, 6) is 1.14. The maximum Gasteiger partial charge on any atom is 0.127 e. The Morgan fingerprint density at radius 2 is 2.24 bits per heavy atom. The third-order valence-corrected chi connectivity index (χ3v) is 5.00. The van der Waals surface area contributed by atoms with Gasteiger partial charge in [-0.05, 0) is 42.8 Å². The van der Waals surface area contributed by atoms with Gasteiger partial charge in [0.25, 0.3) is 0 Å². The summed E-state index contributed by atoms with van der Waals surface area (Å²) in [6.45, 7) is 4.00. The van der Waals surface area contributed by atoms with Crippen LogP contribution in [0.15, 0.2) is 35.7 Å². The van der Waals surface area contributed by atoms with Crippen LogP contribution < -0.4 is 10.1 Å². The molecule has 3 rings (SSSR count). The summed E-state index contributed by atoms with van der Waals surface area (Å²) in [6.07, 6.45) is 4.60. The molecule has 3 heteroatoms. The van der Waals surface area contributed by atoms with Crippen LogP contribution in [0.25, 0.3) is 0 Å². The molecule has 112 valence electrons. The number of fused-ring (bicyclic) bond motifs is 1. The molecule has 0 spiro atoms. The van der Waals surface area contributed by atoms with E-state index in [1.165, 1.54) is 28.8 Å². The predicted molar refractivity (Wildman–Crippen MR) is 89.3 cm³/mol. The zero-order valence-electron chi connectivity index (χ0n) is 12.6. The molecule has 1 aromatic heterocycles. The second-order valence-electron chi connectivity index (χ2n) is 5.52. The van der Waals surface area contributed by atoms with Gasteiger partial charge in [0.1, 0.15) is 5.75 Å². The molecule has 0 radical (unpaired) electrons. The standard InChI is InChI=1S/C18H23NOS/c1-2-19-17(10-4-7-15-8-5-13-21-15)16-9-3-6-14-11-12-20-18(14)16/h3,5-6,8-9,13,17,19H,2,4,7,10-12H2,1H3. The fourth-order valence-corrected chi connectivity index (χ4v) is 3.82. The second-order valence-corrected chi connectivity index (χ2v) is 6.55. The highest BCUT2D eigenvalue weighted by atomic mass is 32.1. The molecule has 0 amide bonds. The van der Waals surface area contributed by atoms with E-state index in [-0.39, 0.29) is 0 Å². The molecule has 1 aliphatic rings. The monoisotopic (exact) mass is 301 g/mol. The Hall–Kier alpha value is -1.32. The highest BCUT2D eigenvalue weighted by molar-refractivity contribution is 7.09. The van der Waals surface area contributed by atoms with Gasteiger partial charge in [-0.2, -0.15) is 0 Å². The number of thiophene rings is 1. The Bertz CT molecular complexity index is 565. The Labute approximate surface area is 131 Å². The average Bonchev–Trinajstić information content (AvgIpc) is 3.17. The summed E-state index contributed by atoms with van der Waals surface area (Å²) in [7, 11) is 0. The van der Waals surface area contributed by atoms with Crippen molar-refractivity contribution in [1.29, 1.82) is 0 Å². The van der Waals surface area contributed by atoms with Crippen molar-refractivity contribution in [2.24, 2.45) is 0 Å². The van der Waals surface area contributed by atoms with Crippen LogP contribution in [0.2, 0.25) is 0 Å². The van der Waals surface area contributed by atoms with Crippen molar-refractivity contribution in [3.8, 4) is 5.75 Å². The number of rotatable bonds is 7. The summed E-state index contributed by atoms with van der Waals surface area (Å²) in [5.41, 5.74) is 2.71. The second kappa shape index (κ2) is 7.10. The molecule has 2 nitrogen and oxygen atoms in total. The molecular weight excluding hydrogens is 278 g/mol. The van der Waals surface area contributed by atoms with Crippen LogP contribution in [0.3, 0.4) is 0 Å². The summed E-state index contributed by atoms with van der Waals surface area (Å²) in [5, 5.41) is 5.79. The van der Waals surface area contributed by atoms with Gasteiger partial charge in [-0.15, -0.1) is 11.3 Å². The highest BCUT2D eigenvalue weighted by Crippen LogP contribution is 2.35. The molecule has 2 aromatic rings. The van der Waals surface area contributed by atoms with Crippen LogP contribution in [-0.2, 0) is 12.8 Å². The number of aryl methyl sites for hydroxylation is 1. The highest BCUT2D eigenvalue weighted by Gasteiger charge is 2.21. The van der Waals surface area contributed by atoms with E-state index >= 15 is 0 Å². The summed E-state index contributed by atoms with van der Waals surface area (Å²) < 4.78 is 5.87. The largest absolute Gasteiger partial charge is 0.493 e. The number of hydrogen-bond donors (Lipinski definition) is 1. The fourth-order valence-electron chi connectivity index (χ4n) is 3.06. The van der Waals surface area contributed by atoms with Gasteiger partial charge in [0.05, 0.1) is 6.61 Å². The SMILES string of the molecule is CCNC(CCCc1cccs1)c1cccc2c1OCC2. The first kappa shape index (κ1) is 14.6. The van der Waals surface area contributed by atoms with E-state index in [0.717, 1.165) is 31.7 Å². The first-order valence-corrected chi connectivity index (χ1v) is 8.77. The van der Waals surface area contributed by atoms with Crippen molar-refractivity contribution in [1.82, 2.24) is 5.32 Å². The van der Waals surface area contributed by atoms with Crippen LogP contribution in [0.1, 0.15) is 41.8 Å². The zero-order chi connectivity index (χ0) is 14.5. The van der Waals surface area contributed by atoms with Crippen molar-refractivity contribution in [3.05, 3.63) is 51.7 Å². The van der Waals surface area contributed by atoms with E-state index < -0.39 is 0 Å². The Kier molecular flexibility index (Phi) is 4.94. The molecule has 0 fully saturated rings. The molecule has 0 aliphatic carbocycles. The third-order valence-electron chi connectivity index (χ3n) is 4.07. The number of nitrogens with one attached hydrogen (secondary N) is 1. The van der Waals surface area contributed by atoms with Gasteiger partial charge < -0.3 is 10.1 Å². The summed E-state index contributed by atoms with van der Waals surface area (Å²) >= 11 is 1.86. The predicted octanol–water partition coefficient (Wildman–Crippen LogP) is 4.36. The lowest BCUT2D eigenvalue weighted by Crippen LogP contribution is -2.21. The van der Waals surface area contributed by atoms with Gasteiger partial charge in [-0.25, -0.2) is 0 Å². The molecule has 0 saturated carbocycles. The van der Waals surface area contributed by atoms with Crippen molar-refractivity contribution in [2.45, 2.75) is 38.6 Å². The molecule has 1 unspecified atom stereocenters. The fraction of sp³-hybridized carbons (Fsp3) is 0.444. The van der Waals surface area contributed by atoms with E-state index in [2.05, 4.69) is 48.0 Å². The molecule has 0 saturated heterocycles. The van der Waals surface area contributed by atoms with E-state index in [1.807, 2.05) is 11.3 Å². The molecular formula is C18H23NOS. The van der Waals surface area contributed by atoms with E-state index in [1.54, 1.807) is 0 Å². The molecule has 2 heterocycles. The minimum absolute atomic E-state index is 0.406. The van der Waals surface area contributed by atoms with E-state index in [4.69, 9.17) is 4.74 Å². The number of benzene rings is 1. The van der Waals surface area contributed by atoms with Gasteiger partial charge in [0.15, 0.2) is 0 Å². The Morgan fingerprint density at radius 1 is 1.29 bits per heavy atom. The number of para-hydroxylation sites is 1. The maximum atomic E-state index is 5.87. The van der Waals surface area contributed by atoms with Crippen LogP contribution in [0.4, 0.5) is 0 Å². The lowest BCUT2D eigenvalue weighted by Gasteiger charge is -2.20. The maximum absolute atomic E-state index is 5.87. The van der Waals surface area contributed by atoms with Gasteiger partial charge in [-0.1, -0.05) is 31.2 Å². The van der Waals surface area contributed by atoms with E-state index in [9.17, 15) is 0 Å².